The maximum atomic E-state index is 11.6. The Morgan fingerprint density at radius 2 is 1.94 bits per heavy atom. The molecule has 0 bridgehead atoms. The fraction of sp³-hybridized carbons (Fsp3) is 0.462. The average molecular weight is 235 g/mol. The second-order valence-corrected chi connectivity index (χ2v) is 4.45. The summed E-state index contributed by atoms with van der Waals surface area (Å²) < 4.78 is 0. The molecule has 0 spiro atoms. The van der Waals surface area contributed by atoms with Crippen molar-refractivity contribution in [3.8, 4) is 0 Å². The van der Waals surface area contributed by atoms with Crippen molar-refractivity contribution in [2.45, 2.75) is 26.4 Å². The molecule has 17 heavy (non-hydrogen) atoms. The molecule has 0 atom stereocenters. The molecule has 1 aromatic carbocycles. The lowest BCUT2D eigenvalue weighted by Crippen LogP contribution is -2.38. The van der Waals surface area contributed by atoms with Crippen LogP contribution in [0.1, 0.15) is 19.4 Å². The van der Waals surface area contributed by atoms with Crippen LogP contribution in [-0.2, 0) is 11.3 Å². The average Bonchev–Trinajstić information content (AvgIpc) is 2.28. The number of amides is 1. The Labute approximate surface area is 103 Å². The summed E-state index contributed by atoms with van der Waals surface area (Å²) >= 11 is 0. The second kappa shape index (κ2) is 6.25. The highest BCUT2D eigenvalue weighted by atomic mass is 16.2. The van der Waals surface area contributed by atoms with Gasteiger partial charge in [-0.2, -0.15) is 0 Å². The van der Waals surface area contributed by atoms with Crippen molar-refractivity contribution >= 4 is 11.6 Å². The largest absolute Gasteiger partial charge is 0.365 e. The van der Waals surface area contributed by atoms with E-state index in [0.717, 1.165) is 11.3 Å². The van der Waals surface area contributed by atoms with E-state index in [9.17, 15) is 4.79 Å². The van der Waals surface area contributed by atoms with Crippen LogP contribution in [0, 0.1) is 0 Å². The fourth-order valence-electron chi connectivity index (χ4n) is 1.56. The van der Waals surface area contributed by atoms with Gasteiger partial charge in [0.15, 0.2) is 0 Å². The lowest BCUT2D eigenvalue weighted by Gasteiger charge is -2.19. The van der Waals surface area contributed by atoms with Crippen LogP contribution < -0.4 is 16.0 Å². The zero-order valence-corrected chi connectivity index (χ0v) is 10.7. The number of rotatable bonds is 5. The first-order chi connectivity index (χ1) is 8.02. The summed E-state index contributed by atoms with van der Waals surface area (Å²) in [6, 6.07) is 8.09. The van der Waals surface area contributed by atoms with Crippen molar-refractivity contribution in [2.24, 2.45) is 5.73 Å². The van der Waals surface area contributed by atoms with Crippen molar-refractivity contribution in [3.63, 3.8) is 0 Å². The van der Waals surface area contributed by atoms with E-state index in [1.54, 1.807) is 0 Å². The number of benzene rings is 1. The van der Waals surface area contributed by atoms with Gasteiger partial charge in [0, 0.05) is 25.3 Å². The molecule has 4 nitrogen and oxygen atoms in total. The van der Waals surface area contributed by atoms with E-state index in [0.29, 0.717) is 13.1 Å². The Bertz CT molecular complexity index is 359. The van der Waals surface area contributed by atoms with Gasteiger partial charge in [0.2, 0.25) is 5.91 Å². The zero-order chi connectivity index (χ0) is 12.8. The van der Waals surface area contributed by atoms with Gasteiger partial charge in [0.25, 0.3) is 0 Å². The van der Waals surface area contributed by atoms with Gasteiger partial charge in [-0.25, -0.2) is 0 Å². The van der Waals surface area contributed by atoms with Gasteiger partial charge >= 0.3 is 0 Å². The van der Waals surface area contributed by atoms with Gasteiger partial charge in [-0.15, -0.1) is 0 Å². The third kappa shape index (κ3) is 4.44. The Morgan fingerprint density at radius 3 is 2.41 bits per heavy atom. The van der Waals surface area contributed by atoms with E-state index in [4.69, 9.17) is 5.73 Å². The highest BCUT2D eigenvalue weighted by Gasteiger charge is 2.08. The van der Waals surface area contributed by atoms with E-state index < -0.39 is 0 Å². The molecule has 0 aliphatic carbocycles. The molecule has 94 valence electrons. The van der Waals surface area contributed by atoms with E-state index in [-0.39, 0.29) is 11.9 Å². The predicted molar refractivity (Wildman–Crippen MR) is 70.9 cm³/mol. The zero-order valence-electron chi connectivity index (χ0n) is 10.7. The van der Waals surface area contributed by atoms with Crippen LogP contribution in [0.4, 0.5) is 5.69 Å². The van der Waals surface area contributed by atoms with Crippen molar-refractivity contribution in [3.05, 3.63) is 29.8 Å². The summed E-state index contributed by atoms with van der Waals surface area (Å²) in [7, 11) is 1.90. The Morgan fingerprint density at radius 1 is 1.35 bits per heavy atom. The Kier molecular flexibility index (Phi) is 4.97. The number of carbonyl (C=O) groups excluding carboxylic acids is 1. The smallest absolute Gasteiger partial charge is 0.239 e. The number of hydrogen-bond acceptors (Lipinski definition) is 3. The Balaban J connectivity index is 2.56. The van der Waals surface area contributed by atoms with Crippen LogP contribution in [0.2, 0.25) is 0 Å². The third-order valence-corrected chi connectivity index (χ3v) is 2.44. The molecule has 3 N–H and O–H groups in total. The lowest BCUT2D eigenvalue weighted by atomic mass is 10.2. The van der Waals surface area contributed by atoms with Crippen LogP contribution in [-0.4, -0.2) is 25.5 Å². The lowest BCUT2D eigenvalue weighted by molar-refractivity contribution is -0.120. The summed E-state index contributed by atoms with van der Waals surface area (Å²) in [5.41, 5.74) is 7.64. The molecule has 0 heterocycles. The van der Waals surface area contributed by atoms with Crippen molar-refractivity contribution in [1.82, 2.24) is 5.32 Å². The molecule has 0 aliphatic heterocycles. The normalized spacial score (nSPS) is 10.4. The first-order valence-electron chi connectivity index (χ1n) is 5.82. The number of carbonyl (C=O) groups is 1. The minimum Gasteiger partial charge on any atom is -0.365 e. The number of likely N-dealkylation sites (N-methyl/N-ethyl adjacent to an activating group) is 1. The summed E-state index contributed by atoms with van der Waals surface area (Å²) in [5.74, 6) is 0.0328. The van der Waals surface area contributed by atoms with E-state index in [1.807, 2.05) is 50.1 Å². The molecule has 1 rings (SSSR count). The number of hydrogen-bond donors (Lipinski definition) is 2. The minimum absolute atomic E-state index is 0.0328. The molecule has 0 unspecified atom stereocenters. The van der Waals surface area contributed by atoms with Crippen LogP contribution in [0.25, 0.3) is 0 Å². The fourth-order valence-corrected chi connectivity index (χ4v) is 1.56. The number of nitrogens with zero attached hydrogens (tertiary/aromatic N) is 1. The molecule has 1 aromatic rings. The SMILES string of the molecule is CC(C)NC(=O)CN(C)c1ccc(CN)cc1. The first kappa shape index (κ1) is 13.5. The summed E-state index contributed by atoms with van der Waals surface area (Å²) in [4.78, 5) is 13.5. The molecule has 0 saturated heterocycles. The molecular formula is C13H21N3O. The van der Waals surface area contributed by atoms with Gasteiger partial charge in [-0.3, -0.25) is 4.79 Å². The van der Waals surface area contributed by atoms with Gasteiger partial charge in [-0.05, 0) is 31.5 Å². The molecule has 0 saturated carbocycles. The van der Waals surface area contributed by atoms with Crippen molar-refractivity contribution in [2.75, 3.05) is 18.5 Å². The predicted octanol–water partition coefficient (Wildman–Crippen LogP) is 1.11. The summed E-state index contributed by atoms with van der Waals surface area (Å²) in [6.07, 6.45) is 0. The Hall–Kier alpha value is -1.55. The van der Waals surface area contributed by atoms with Gasteiger partial charge in [-0.1, -0.05) is 12.1 Å². The molecular weight excluding hydrogens is 214 g/mol. The molecule has 0 fully saturated rings. The van der Waals surface area contributed by atoms with Crippen LogP contribution in [0.3, 0.4) is 0 Å². The highest BCUT2D eigenvalue weighted by molar-refractivity contribution is 5.81. The monoisotopic (exact) mass is 235 g/mol. The molecule has 0 radical (unpaired) electrons. The van der Waals surface area contributed by atoms with Crippen LogP contribution in [0.15, 0.2) is 24.3 Å². The standard InChI is InChI=1S/C13H21N3O/c1-10(2)15-13(17)9-16(3)12-6-4-11(8-14)5-7-12/h4-7,10H,8-9,14H2,1-3H3,(H,15,17). The van der Waals surface area contributed by atoms with Crippen molar-refractivity contribution < 1.29 is 4.79 Å². The summed E-state index contributed by atoms with van der Waals surface area (Å²) in [5, 5.41) is 2.87. The quantitative estimate of drug-likeness (QED) is 0.803. The number of nitrogens with one attached hydrogen (secondary N) is 1. The van der Waals surface area contributed by atoms with Gasteiger partial charge < -0.3 is 16.0 Å². The molecule has 4 heteroatoms. The number of anilines is 1. The maximum Gasteiger partial charge on any atom is 0.239 e. The molecule has 1 amide bonds. The van der Waals surface area contributed by atoms with Crippen LogP contribution >= 0.6 is 0 Å². The minimum atomic E-state index is 0.0328. The van der Waals surface area contributed by atoms with Crippen molar-refractivity contribution in [1.29, 1.82) is 0 Å². The van der Waals surface area contributed by atoms with Gasteiger partial charge in [0.05, 0.1) is 6.54 Å². The first-order valence-corrected chi connectivity index (χ1v) is 5.82. The van der Waals surface area contributed by atoms with E-state index in [2.05, 4.69) is 5.32 Å². The maximum absolute atomic E-state index is 11.6. The highest BCUT2D eigenvalue weighted by Crippen LogP contribution is 2.13. The second-order valence-electron chi connectivity index (χ2n) is 4.45. The van der Waals surface area contributed by atoms with E-state index in [1.165, 1.54) is 0 Å². The number of nitrogens with two attached hydrogens (primary N) is 1. The third-order valence-electron chi connectivity index (χ3n) is 2.44. The topological polar surface area (TPSA) is 58.4 Å². The molecule has 0 aliphatic rings. The van der Waals surface area contributed by atoms with Gasteiger partial charge in [0.1, 0.15) is 0 Å². The van der Waals surface area contributed by atoms with Crippen LogP contribution in [0.5, 0.6) is 0 Å². The summed E-state index contributed by atoms with van der Waals surface area (Å²) in [6.45, 7) is 4.81. The van der Waals surface area contributed by atoms with E-state index >= 15 is 0 Å². The molecule has 0 aromatic heterocycles.